The summed E-state index contributed by atoms with van der Waals surface area (Å²) in [6.45, 7) is 4.34. The van der Waals surface area contributed by atoms with E-state index in [-0.39, 0.29) is 11.3 Å². The summed E-state index contributed by atoms with van der Waals surface area (Å²) in [7, 11) is 0. The molecule has 8 heteroatoms. The van der Waals surface area contributed by atoms with E-state index in [0.29, 0.717) is 24.3 Å². The van der Waals surface area contributed by atoms with Crippen molar-refractivity contribution in [3.8, 4) is 0 Å². The molecule has 156 valence electrons. The third kappa shape index (κ3) is 3.45. The molecule has 2 aliphatic heterocycles. The van der Waals surface area contributed by atoms with Gasteiger partial charge >= 0.3 is 0 Å². The standard InChI is InChI=1S/C22H23F2N5O/c23-19(24)20-26-25-18-7-6-17(13-29(18)20)21(30)28-11-9-22(15-28)8-10-27(14-22)12-16-4-2-1-3-5-16/h1-7,13,19H,8-12,14-15H2. The van der Waals surface area contributed by atoms with Gasteiger partial charge in [0.1, 0.15) is 0 Å². The van der Waals surface area contributed by atoms with E-state index < -0.39 is 12.2 Å². The van der Waals surface area contributed by atoms with Gasteiger partial charge in [-0.3, -0.25) is 14.1 Å². The second-order valence-corrected chi connectivity index (χ2v) is 8.43. The van der Waals surface area contributed by atoms with Gasteiger partial charge in [0, 0.05) is 37.8 Å². The molecule has 4 heterocycles. The molecule has 30 heavy (non-hydrogen) atoms. The number of alkyl halides is 2. The lowest BCUT2D eigenvalue weighted by molar-refractivity contribution is 0.0772. The summed E-state index contributed by atoms with van der Waals surface area (Å²) < 4.78 is 27.5. The zero-order valence-electron chi connectivity index (χ0n) is 16.5. The van der Waals surface area contributed by atoms with Gasteiger partial charge in [-0.25, -0.2) is 8.78 Å². The smallest absolute Gasteiger partial charge is 0.297 e. The molecular formula is C22H23F2N5O. The molecule has 3 aromatic rings. The van der Waals surface area contributed by atoms with Gasteiger partial charge in [0.05, 0.1) is 5.56 Å². The van der Waals surface area contributed by atoms with Crippen molar-refractivity contribution in [1.82, 2.24) is 24.4 Å². The van der Waals surface area contributed by atoms with Crippen LogP contribution in [0.3, 0.4) is 0 Å². The molecule has 0 radical (unpaired) electrons. The summed E-state index contributed by atoms with van der Waals surface area (Å²) in [5, 5.41) is 7.27. The van der Waals surface area contributed by atoms with E-state index in [1.807, 2.05) is 11.0 Å². The fraction of sp³-hybridized carbons (Fsp3) is 0.409. The molecule has 0 bridgehead atoms. The number of carbonyl (C=O) groups is 1. The van der Waals surface area contributed by atoms with Crippen LogP contribution in [0, 0.1) is 5.41 Å². The molecule has 2 saturated heterocycles. The van der Waals surface area contributed by atoms with Crippen molar-refractivity contribution in [2.45, 2.75) is 25.8 Å². The number of rotatable bonds is 4. The Bertz CT molecular complexity index is 1070. The first-order valence-electron chi connectivity index (χ1n) is 10.2. The third-order valence-corrected chi connectivity index (χ3v) is 6.36. The van der Waals surface area contributed by atoms with Crippen LogP contribution in [0.25, 0.3) is 5.65 Å². The monoisotopic (exact) mass is 411 g/mol. The summed E-state index contributed by atoms with van der Waals surface area (Å²) in [4.78, 5) is 17.4. The van der Waals surface area contributed by atoms with E-state index in [4.69, 9.17) is 0 Å². The van der Waals surface area contributed by atoms with Crippen LogP contribution in [0.1, 0.15) is 41.0 Å². The Morgan fingerprint density at radius 2 is 1.83 bits per heavy atom. The van der Waals surface area contributed by atoms with Gasteiger partial charge in [0.15, 0.2) is 5.65 Å². The number of hydrogen-bond donors (Lipinski definition) is 0. The molecule has 1 unspecified atom stereocenters. The van der Waals surface area contributed by atoms with Crippen LogP contribution in [-0.2, 0) is 6.54 Å². The normalized spacial score (nSPS) is 22.0. The van der Waals surface area contributed by atoms with Crippen molar-refractivity contribution in [2.75, 3.05) is 26.2 Å². The Balaban J connectivity index is 1.28. The van der Waals surface area contributed by atoms with Crippen LogP contribution < -0.4 is 0 Å². The number of pyridine rings is 1. The van der Waals surface area contributed by atoms with Crippen molar-refractivity contribution in [2.24, 2.45) is 5.41 Å². The first kappa shape index (κ1) is 19.1. The molecule has 1 amide bonds. The molecule has 2 aromatic heterocycles. The number of benzene rings is 1. The molecule has 2 fully saturated rings. The number of amides is 1. The summed E-state index contributed by atoms with van der Waals surface area (Å²) in [6, 6.07) is 13.6. The number of halogens is 2. The van der Waals surface area contributed by atoms with E-state index in [9.17, 15) is 13.6 Å². The Labute approximate surface area is 173 Å². The fourth-order valence-corrected chi connectivity index (χ4v) is 4.81. The molecular weight excluding hydrogens is 388 g/mol. The third-order valence-electron chi connectivity index (χ3n) is 6.36. The van der Waals surface area contributed by atoms with Gasteiger partial charge in [-0.05, 0) is 37.1 Å². The quantitative estimate of drug-likeness (QED) is 0.660. The topological polar surface area (TPSA) is 53.7 Å². The van der Waals surface area contributed by atoms with Gasteiger partial charge in [-0.2, -0.15) is 0 Å². The second-order valence-electron chi connectivity index (χ2n) is 8.43. The van der Waals surface area contributed by atoms with Crippen LogP contribution in [0.5, 0.6) is 0 Å². The summed E-state index contributed by atoms with van der Waals surface area (Å²) in [5.74, 6) is -0.561. The second kappa shape index (κ2) is 7.43. The Morgan fingerprint density at radius 1 is 1.03 bits per heavy atom. The molecule has 0 saturated carbocycles. The maximum Gasteiger partial charge on any atom is 0.297 e. The SMILES string of the molecule is O=C(c1ccc2nnc(C(F)F)n2c1)N1CCC2(CCN(Cc3ccccc3)C2)C1. The molecule has 0 aliphatic carbocycles. The Hall–Kier alpha value is -2.87. The van der Waals surface area contributed by atoms with Crippen LogP contribution in [0.15, 0.2) is 48.7 Å². The molecule has 2 aliphatic rings. The van der Waals surface area contributed by atoms with Crippen LogP contribution in [0.4, 0.5) is 8.78 Å². The predicted octanol–water partition coefficient (Wildman–Crippen LogP) is 3.41. The molecule has 1 atom stereocenters. The summed E-state index contributed by atoms with van der Waals surface area (Å²) in [5.41, 5.74) is 2.13. The fourth-order valence-electron chi connectivity index (χ4n) is 4.81. The molecule has 6 nitrogen and oxygen atoms in total. The highest BCUT2D eigenvalue weighted by Gasteiger charge is 2.44. The van der Waals surface area contributed by atoms with Crippen molar-refractivity contribution in [3.63, 3.8) is 0 Å². The predicted molar refractivity (Wildman–Crippen MR) is 107 cm³/mol. The number of nitrogens with zero attached hydrogens (tertiary/aromatic N) is 5. The Kier molecular flexibility index (Phi) is 4.73. The Morgan fingerprint density at radius 3 is 2.63 bits per heavy atom. The van der Waals surface area contributed by atoms with Crippen LogP contribution in [0.2, 0.25) is 0 Å². The summed E-state index contributed by atoms with van der Waals surface area (Å²) in [6.07, 6.45) is 0.736. The average Bonchev–Trinajstić information content (AvgIpc) is 3.47. The van der Waals surface area contributed by atoms with Gasteiger partial charge in [0.2, 0.25) is 5.82 Å². The number of likely N-dealkylation sites (tertiary alicyclic amines) is 2. The number of carbonyl (C=O) groups excluding carboxylic acids is 1. The molecule has 1 spiro atoms. The van der Waals surface area contributed by atoms with E-state index in [1.54, 1.807) is 12.1 Å². The van der Waals surface area contributed by atoms with E-state index in [0.717, 1.165) is 32.5 Å². The minimum absolute atomic E-state index is 0.121. The molecule has 0 N–H and O–H groups in total. The highest BCUT2D eigenvalue weighted by Crippen LogP contribution is 2.40. The van der Waals surface area contributed by atoms with Gasteiger partial charge < -0.3 is 4.90 Å². The highest BCUT2D eigenvalue weighted by atomic mass is 19.3. The van der Waals surface area contributed by atoms with Crippen molar-refractivity contribution >= 4 is 11.6 Å². The zero-order valence-corrected chi connectivity index (χ0v) is 16.5. The zero-order chi connectivity index (χ0) is 20.7. The number of aromatic nitrogens is 3. The van der Waals surface area contributed by atoms with Crippen molar-refractivity contribution < 1.29 is 13.6 Å². The lowest BCUT2D eigenvalue weighted by Crippen LogP contribution is -2.34. The first-order chi connectivity index (χ1) is 14.5. The van der Waals surface area contributed by atoms with E-state index in [2.05, 4.69) is 39.4 Å². The number of fused-ring (bicyclic) bond motifs is 1. The van der Waals surface area contributed by atoms with Crippen molar-refractivity contribution in [3.05, 3.63) is 65.6 Å². The molecule has 5 rings (SSSR count). The minimum atomic E-state index is -2.74. The van der Waals surface area contributed by atoms with Crippen LogP contribution in [-0.4, -0.2) is 56.5 Å². The lowest BCUT2D eigenvalue weighted by atomic mass is 9.86. The van der Waals surface area contributed by atoms with Gasteiger partial charge in [-0.1, -0.05) is 30.3 Å². The maximum absolute atomic E-state index is 13.1. The largest absolute Gasteiger partial charge is 0.338 e. The van der Waals surface area contributed by atoms with E-state index in [1.165, 1.54) is 16.2 Å². The van der Waals surface area contributed by atoms with Gasteiger partial charge in [0.25, 0.3) is 12.3 Å². The number of hydrogen-bond acceptors (Lipinski definition) is 4. The maximum atomic E-state index is 13.1. The average molecular weight is 411 g/mol. The first-order valence-corrected chi connectivity index (χ1v) is 10.2. The lowest BCUT2D eigenvalue weighted by Gasteiger charge is -2.25. The molecule has 1 aromatic carbocycles. The highest BCUT2D eigenvalue weighted by molar-refractivity contribution is 5.94. The summed E-state index contributed by atoms with van der Waals surface area (Å²) >= 11 is 0. The van der Waals surface area contributed by atoms with Crippen LogP contribution >= 0.6 is 0 Å². The van der Waals surface area contributed by atoms with Gasteiger partial charge in [-0.15, -0.1) is 10.2 Å². The van der Waals surface area contributed by atoms with Crippen molar-refractivity contribution in [1.29, 1.82) is 0 Å². The minimum Gasteiger partial charge on any atom is -0.338 e. The van der Waals surface area contributed by atoms with E-state index >= 15 is 0 Å².